The average molecular weight is 270 g/mol. The minimum Gasteiger partial charge on any atom is -1.00 e. The van der Waals surface area contributed by atoms with Gasteiger partial charge in [-0.3, -0.25) is 0 Å². The molecule has 2 aliphatic heterocycles. The molecule has 2 saturated heterocycles. The summed E-state index contributed by atoms with van der Waals surface area (Å²) in [6.45, 7) is 5.72. The van der Waals surface area contributed by atoms with Crippen molar-refractivity contribution in [3.05, 3.63) is 23.8 Å². The maximum absolute atomic E-state index is 2.38. The summed E-state index contributed by atoms with van der Waals surface area (Å²) in [7, 11) is 0. The third-order valence-corrected chi connectivity index (χ3v) is 4.28. The minimum atomic E-state index is 0. The smallest absolute Gasteiger partial charge is 0.101 e. The Balaban J connectivity index is 0.000000853. The van der Waals surface area contributed by atoms with E-state index in [1.54, 1.807) is 5.57 Å². The molecule has 0 aromatic rings. The maximum Gasteiger partial charge on any atom is 0.101 e. The van der Waals surface area contributed by atoms with Crippen LogP contribution in [-0.4, -0.2) is 30.7 Å². The molecule has 0 saturated carbocycles. The molecule has 0 amide bonds. The average Bonchev–Trinajstić information content (AvgIpc) is 2.56. The summed E-state index contributed by atoms with van der Waals surface area (Å²) in [6.07, 6.45) is 12.7. The third-order valence-electron chi connectivity index (χ3n) is 4.28. The highest BCUT2D eigenvalue weighted by Gasteiger charge is 2.41. The van der Waals surface area contributed by atoms with E-state index in [2.05, 4.69) is 18.2 Å². The van der Waals surface area contributed by atoms with Crippen molar-refractivity contribution in [2.75, 3.05) is 26.2 Å². The van der Waals surface area contributed by atoms with E-state index >= 15 is 0 Å². The number of fused-ring (bicyclic) bond motifs is 1. The zero-order valence-electron chi connectivity index (χ0n) is 9.29. The fourth-order valence-electron chi connectivity index (χ4n) is 3.54. The highest BCUT2D eigenvalue weighted by Crippen LogP contribution is 2.36. The third kappa shape index (κ3) is 2.07. The summed E-state index contributed by atoms with van der Waals surface area (Å²) >= 11 is 0. The van der Waals surface area contributed by atoms with E-state index in [4.69, 9.17) is 0 Å². The molecular formula is C13H20BrN. The Morgan fingerprint density at radius 2 is 1.93 bits per heavy atom. The van der Waals surface area contributed by atoms with E-state index in [0.717, 1.165) is 5.92 Å². The summed E-state index contributed by atoms with van der Waals surface area (Å²) in [5.41, 5.74) is 1.74. The van der Waals surface area contributed by atoms with Gasteiger partial charge in [0.15, 0.2) is 0 Å². The molecule has 0 radical (unpaired) electrons. The van der Waals surface area contributed by atoms with E-state index in [1.807, 2.05) is 0 Å². The van der Waals surface area contributed by atoms with Crippen molar-refractivity contribution in [1.82, 2.24) is 0 Å². The number of nitrogens with zero attached hydrogens (tertiary/aromatic N) is 1. The van der Waals surface area contributed by atoms with Gasteiger partial charge in [-0.25, -0.2) is 0 Å². The number of halogens is 1. The number of rotatable bonds is 0. The molecule has 2 heteroatoms. The molecule has 0 aromatic carbocycles. The first-order chi connectivity index (χ1) is 6.88. The summed E-state index contributed by atoms with van der Waals surface area (Å²) in [4.78, 5) is 0. The van der Waals surface area contributed by atoms with E-state index < -0.39 is 0 Å². The van der Waals surface area contributed by atoms with Gasteiger partial charge in [-0.1, -0.05) is 18.2 Å². The van der Waals surface area contributed by atoms with Gasteiger partial charge in [0, 0.05) is 5.92 Å². The van der Waals surface area contributed by atoms with Crippen LogP contribution >= 0.6 is 0 Å². The molecule has 1 aliphatic carbocycles. The van der Waals surface area contributed by atoms with Crippen LogP contribution < -0.4 is 17.0 Å². The molecule has 0 unspecified atom stereocenters. The number of hydrogen-bond acceptors (Lipinski definition) is 0. The topological polar surface area (TPSA) is 0 Å². The van der Waals surface area contributed by atoms with Crippen LogP contribution in [0.4, 0.5) is 0 Å². The molecule has 2 heterocycles. The van der Waals surface area contributed by atoms with Crippen molar-refractivity contribution in [1.29, 1.82) is 0 Å². The predicted octanol–water partition coefficient (Wildman–Crippen LogP) is -0.493. The Labute approximate surface area is 103 Å². The van der Waals surface area contributed by atoms with Crippen molar-refractivity contribution >= 4 is 0 Å². The van der Waals surface area contributed by atoms with E-state index in [1.165, 1.54) is 56.3 Å². The molecule has 0 N–H and O–H groups in total. The Hall–Kier alpha value is -0.0800. The van der Waals surface area contributed by atoms with Crippen LogP contribution in [0, 0.1) is 5.92 Å². The Morgan fingerprint density at radius 1 is 1.13 bits per heavy atom. The van der Waals surface area contributed by atoms with Crippen molar-refractivity contribution in [2.45, 2.75) is 25.7 Å². The highest BCUT2D eigenvalue weighted by atomic mass is 79.9. The van der Waals surface area contributed by atoms with Crippen LogP contribution in [0.25, 0.3) is 0 Å². The van der Waals surface area contributed by atoms with Gasteiger partial charge in [0.2, 0.25) is 0 Å². The Kier molecular flexibility index (Phi) is 3.36. The van der Waals surface area contributed by atoms with Gasteiger partial charge in [0.25, 0.3) is 0 Å². The fourth-order valence-corrected chi connectivity index (χ4v) is 3.54. The highest BCUT2D eigenvalue weighted by molar-refractivity contribution is 5.23. The summed E-state index contributed by atoms with van der Waals surface area (Å²) < 4.78 is 1.43. The molecule has 15 heavy (non-hydrogen) atoms. The number of hydrogen-bond donors (Lipinski definition) is 0. The zero-order valence-corrected chi connectivity index (χ0v) is 10.9. The van der Waals surface area contributed by atoms with Gasteiger partial charge in [-0.05, 0) is 31.3 Å². The number of allylic oxidation sites excluding steroid dienone is 3. The molecule has 0 bridgehead atoms. The Morgan fingerprint density at radius 3 is 2.67 bits per heavy atom. The molecule has 2 fully saturated rings. The molecule has 1 atom stereocenters. The van der Waals surface area contributed by atoms with Gasteiger partial charge >= 0.3 is 0 Å². The van der Waals surface area contributed by atoms with Crippen LogP contribution in [0.15, 0.2) is 23.8 Å². The van der Waals surface area contributed by atoms with Crippen molar-refractivity contribution in [2.24, 2.45) is 5.92 Å². The fraction of sp³-hybridized carbons (Fsp3) is 0.692. The molecule has 84 valence electrons. The first-order valence-electron chi connectivity index (χ1n) is 6.09. The second-order valence-electron chi connectivity index (χ2n) is 5.29. The monoisotopic (exact) mass is 269 g/mol. The lowest BCUT2D eigenvalue weighted by Gasteiger charge is -2.37. The molecular weight excluding hydrogens is 250 g/mol. The van der Waals surface area contributed by atoms with E-state index in [9.17, 15) is 0 Å². The Bertz CT molecular complexity index is 287. The normalized spacial score (nSPS) is 32.0. The molecule has 3 rings (SSSR count). The molecule has 1 nitrogen and oxygen atoms in total. The summed E-state index contributed by atoms with van der Waals surface area (Å²) in [5, 5.41) is 0. The van der Waals surface area contributed by atoms with Gasteiger partial charge in [0.1, 0.15) is 6.54 Å². The lowest BCUT2D eigenvalue weighted by Crippen LogP contribution is -3.00. The standard InChI is InChI=1S/C13H20N.BrH/c1-4-8-14(9-5-1)10-12-6-2-3-7-13(12)11-14;/h2-3,6,13H,1,4-5,7-11H2;1H/q+1;/p-1/t13-;/m0./s1. The van der Waals surface area contributed by atoms with Gasteiger partial charge < -0.3 is 21.5 Å². The largest absolute Gasteiger partial charge is 1.00 e. The van der Waals surface area contributed by atoms with Gasteiger partial charge in [-0.2, -0.15) is 0 Å². The van der Waals surface area contributed by atoms with Crippen LogP contribution in [-0.2, 0) is 0 Å². The molecule has 3 aliphatic rings. The lowest BCUT2D eigenvalue weighted by molar-refractivity contribution is -0.920. The summed E-state index contributed by atoms with van der Waals surface area (Å²) in [5.74, 6) is 0.901. The summed E-state index contributed by atoms with van der Waals surface area (Å²) in [6, 6.07) is 0. The SMILES string of the molecule is C1=CC[C@H]2C[N+]3(CCCCC3)CC2=C1.[Br-]. The molecule has 0 aromatic heterocycles. The van der Waals surface area contributed by atoms with Crippen molar-refractivity contribution < 1.29 is 21.5 Å². The van der Waals surface area contributed by atoms with Crippen molar-refractivity contribution in [3.8, 4) is 0 Å². The maximum atomic E-state index is 2.38. The van der Waals surface area contributed by atoms with Gasteiger partial charge in [-0.15, -0.1) is 0 Å². The van der Waals surface area contributed by atoms with E-state index in [-0.39, 0.29) is 17.0 Å². The second-order valence-corrected chi connectivity index (χ2v) is 5.29. The quantitative estimate of drug-likeness (QED) is 0.521. The van der Waals surface area contributed by atoms with Crippen LogP contribution in [0.3, 0.4) is 0 Å². The zero-order chi connectivity index (χ0) is 9.43. The number of quaternary nitrogens is 1. The predicted molar refractivity (Wildman–Crippen MR) is 58.9 cm³/mol. The van der Waals surface area contributed by atoms with Crippen LogP contribution in [0.1, 0.15) is 25.7 Å². The first-order valence-corrected chi connectivity index (χ1v) is 6.09. The molecule has 1 spiro atoms. The van der Waals surface area contributed by atoms with Crippen molar-refractivity contribution in [3.63, 3.8) is 0 Å². The van der Waals surface area contributed by atoms with Crippen LogP contribution in [0.2, 0.25) is 0 Å². The lowest BCUT2D eigenvalue weighted by atomic mass is 9.95. The second kappa shape index (κ2) is 4.42. The van der Waals surface area contributed by atoms with Crippen LogP contribution in [0.5, 0.6) is 0 Å². The minimum absolute atomic E-state index is 0. The van der Waals surface area contributed by atoms with E-state index in [0.29, 0.717) is 0 Å². The number of piperidine rings is 1. The first kappa shape index (κ1) is 11.4. The van der Waals surface area contributed by atoms with Gasteiger partial charge in [0.05, 0.1) is 19.6 Å².